The Hall–Kier alpha value is -2.82. The van der Waals surface area contributed by atoms with Gasteiger partial charge in [-0.05, 0) is 56.5 Å². The molecule has 0 saturated carbocycles. The average molecular weight is 338 g/mol. The summed E-state index contributed by atoms with van der Waals surface area (Å²) < 4.78 is 0. The number of carboxylic acids is 1. The lowest BCUT2D eigenvalue weighted by atomic mass is 10.1. The Morgan fingerprint density at radius 1 is 1.00 bits per heavy atom. The topological polar surface area (TPSA) is 69.6 Å². The second-order valence-electron chi connectivity index (χ2n) is 6.40. The van der Waals surface area contributed by atoms with Gasteiger partial charge in [-0.1, -0.05) is 17.7 Å². The van der Waals surface area contributed by atoms with Crippen molar-refractivity contribution in [1.82, 2.24) is 0 Å². The third kappa shape index (κ3) is 3.99. The van der Waals surface area contributed by atoms with E-state index in [4.69, 9.17) is 0 Å². The molecule has 1 aliphatic rings. The number of carbonyl (C=O) groups is 2. The van der Waals surface area contributed by atoms with E-state index in [1.54, 1.807) is 24.3 Å². The van der Waals surface area contributed by atoms with Crippen molar-refractivity contribution in [3.63, 3.8) is 0 Å². The Morgan fingerprint density at radius 3 is 2.32 bits per heavy atom. The van der Waals surface area contributed by atoms with Gasteiger partial charge >= 0.3 is 5.97 Å². The molecule has 2 aromatic rings. The molecule has 0 radical (unpaired) electrons. The van der Waals surface area contributed by atoms with Crippen molar-refractivity contribution in [2.75, 3.05) is 23.3 Å². The number of amides is 1. The number of nitrogens with one attached hydrogen (secondary N) is 1. The molecule has 1 fully saturated rings. The van der Waals surface area contributed by atoms with Crippen LogP contribution >= 0.6 is 0 Å². The molecular weight excluding hydrogens is 316 g/mol. The van der Waals surface area contributed by atoms with Gasteiger partial charge in [0.25, 0.3) is 5.91 Å². The van der Waals surface area contributed by atoms with Crippen molar-refractivity contribution >= 4 is 23.3 Å². The van der Waals surface area contributed by atoms with Gasteiger partial charge in [-0.25, -0.2) is 4.79 Å². The van der Waals surface area contributed by atoms with E-state index in [2.05, 4.69) is 10.2 Å². The number of nitrogens with zero attached hydrogens (tertiary/aromatic N) is 1. The number of aryl methyl sites for hydroxylation is 1. The fourth-order valence-corrected chi connectivity index (χ4v) is 3.07. The minimum atomic E-state index is -1.04. The summed E-state index contributed by atoms with van der Waals surface area (Å²) in [6.45, 7) is 3.83. The van der Waals surface area contributed by atoms with Crippen LogP contribution in [-0.4, -0.2) is 30.1 Å². The Labute approximate surface area is 147 Å². The van der Waals surface area contributed by atoms with Crippen molar-refractivity contribution in [2.24, 2.45) is 0 Å². The molecule has 0 atom stereocenters. The van der Waals surface area contributed by atoms with Crippen molar-refractivity contribution in [3.05, 3.63) is 59.2 Å². The maximum atomic E-state index is 12.4. The highest BCUT2D eigenvalue weighted by molar-refractivity contribution is 6.08. The van der Waals surface area contributed by atoms with E-state index in [0.29, 0.717) is 11.3 Å². The van der Waals surface area contributed by atoms with Crippen LogP contribution in [0.5, 0.6) is 0 Å². The number of aromatic carboxylic acids is 1. The normalized spacial score (nSPS) is 14.2. The summed E-state index contributed by atoms with van der Waals surface area (Å²) in [6.07, 6.45) is 3.45. The summed E-state index contributed by atoms with van der Waals surface area (Å²) in [5.41, 5.74) is 2.89. The predicted octanol–water partition coefficient (Wildman–Crippen LogP) is 3.94. The van der Waals surface area contributed by atoms with Crippen molar-refractivity contribution < 1.29 is 14.7 Å². The highest BCUT2D eigenvalue weighted by Gasteiger charge is 2.17. The van der Waals surface area contributed by atoms with Gasteiger partial charge < -0.3 is 15.3 Å². The molecule has 0 aromatic heterocycles. The highest BCUT2D eigenvalue weighted by Crippen LogP contribution is 2.26. The van der Waals surface area contributed by atoms with Gasteiger partial charge in [-0.2, -0.15) is 0 Å². The molecule has 2 N–H and O–H groups in total. The van der Waals surface area contributed by atoms with Gasteiger partial charge in [0, 0.05) is 24.3 Å². The van der Waals surface area contributed by atoms with E-state index >= 15 is 0 Å². The van der Waals surface area contributed by atoms with Gasteiger partial charge in [0.1, 0.15) is 0 Å². The zero-order valence-corrected chi connectivity index (χ0v) is 14.3. The number of benzene rings is 2. The third-order valence-electron chi connectivity index (χ3n) is 4.52. The van der Waals surface area contributed by atoms with Crippen LogP contribution < -0.4 is 10.2 Å². The van der Waals surface area contributed by atoms with Crippen LogP contribution in [0.4, 0.5) is 11.4 Å². The maximum absolute atomic E-state index is 12.4. The quantitative estimate of drug-likeness (QED) is 0.886. The smallest absolute Gasteiger partial charge is 0.337 e. The van der Waals surface area contributed by atoms with Crippen molar-refractivity contribution in [1.29, 1.82) is 0 Å². The van der Waals surface area contributed by atoms with Gasteiger partial charge in [-0.15, -0.1) is 0 Å². The van der Waals surface area contributed by atoms with E-state index in [1.807, 2.05) is 25.1 Å². The van der Waals surface area contributed by atoms with Crippen molar-refractivity contribution in [3.8, 4) is 0 Å². The molecule has 1 amide bonds. The first kappa shape index (κ1) is 17.0. The fraction of sp³-hybridized carbons (Fsp3) is 0.300. The number of piperidine rings is 1. The standard InChI is InChI=1S/C20H22N2O3/c1-14-5-7-15(8-6-14)19(23)21-18-10-9-16(13-17(18)20(24)25)22-11-3-2-4-12-22/h5-10,13H,2-4,11-12H2,1H3,(H,21,23)(H,24,25). The number of hydrogen-bond donors (Lipinski definition) is 2. The van der Waals surface area contributed by atoms with E-state index in [0.717, 1.165) is 37.2 Å². The maximum Gasteiger partial charge on any atom is 0.337 e. The summed E-state index contributed by atoms with van der Waals surface area (Å²) in [5, 5.41) is 12.3. The third-order valence-corrected chi connectivity index (χ3v) is 4.52. The predicted molar refractivity (Wildman–Crippen MR) is 98.6 cm³/mol. The summed E-state index contributed by atoms with van der Waals surface area (Å²) in [7, 11) is 0. The minimum absolute atomic E-state index is 0.114. The van der Waals surface area contributed by atoms with Gasteiger partial charge in [0.05, 0.1) is 11.3 Å². The second-order valence-corrected chi connectivity index (χ2v) is 6.40. The monoisotopic (exact) mass is 338 g/mol. The number of carbonyl (C=O) groups excluding carboxylic acids is 1. The van der Waals surface area contributed by atoms with E-state index < -0.39 is 5.97 Å². The van der Waals surface area contributed by atoms with Crippen LogP contribution in [0.25, 0.3) is 0 Å². The van der Waals surface area contributed by atoms with E-state index in [9.17, 15) is 14.7 Å². The van der Waals surface area contributed by atoms with Crippen LogP contribution in [0, 0.1) is 6.92 Å². The summed E-state index contributed by atoms with van der Waals surface area (Å²) in [6, 6.07) is 12.4. The molecule has 0 bridgehead atoms. The largest absolute Gasteiger partial charge is 0.478 e. The summed E-state index contributed by atoms with van der Waals surface area (Å²) >= 11 is 0. The molecule has 1 heterocycles. The number of anilines is 2. The highest BCUT2D eigenvalue weighted by atomic mass is 16.4. The molecular formula is C20H22N2O3. The van der Waals surface area contributed by atoms with Gasteiger partial charge in [0.2, 0.25) is 0 Å². The van der Waals surface area contributed by atoms with Crippen LogP contribution in [0.2, 0.25) is 0 Å². The SMILES string of the molecule is Cc1ccc(C(=O)Nc2ccc(N3CCCCC3)cc2C(=O)O)cc1. The Bertz CT molecular complexity index is 778. The molecule has 1 saturated heterocycles. The zero-order chi connectivity index (χ0) is 17.8. The molecule has 0 spiro atoms. The molecule has 5 heteroatoms. The summed E-state index contributed by atoms with van der Waals surface area (Å²) in [4.78, 5) is 26.2. The minimum Gasteiger partial charge on any atom is -0.478 e. The van der Waals surface area contributed by atoms with Gasteiger partial charge in [-0.3, -0.25) is 4.79 Å². The van der Waals surface area contributed by atoms with E-state index in [1.165, 1.54) is 6.42 Å². The number of rotatable bonds is 4. The zero-order valence-electron chi connectivity index (χ0n) is 14.3. The molecule has 25 heavy (non-hydrogen) atoms. The van der Waals surface area contributed by atoms with Crippen LogP contribution in [0.1, 0.15) is 45.5 Å². The Balaban J connectivity index is 1.83. The Morgan fingerprint density at radius 2 is 1.68 bits per heavy atom. The van der Waals surface area contributed by atoms with Gasteiger partial charge in [0.15, 0.2) is 0 Å². The first-order valence-corrected chi connectivity index (χ1v) is 8.55. The number of carboxylic acid groups (broad SMARTS) is 1. The first-order valence-electron chi connectivity index (χ1n) is 8.55. The molecule has 0 aliphatic carbocycles. The van der Waals surface area contributed by atoms with Crippen LogP contribution in [0.3, 0.4) is 0 Å². The van der Waals surface area contributed by atoms with E-state index in [-0.39, 0.29) is 11.5 Å². The molecule has 2 aromatic carbocycles. The summed E-state index contributed by atoms with van der Waals surface area (Å²) in [5.74, 6) is -1.36. The molecule has 1 aliphatic heterocycles. The number of hydrogen-bond acceptors (Lipinski definition) is 3. The second kappa shape index (κ2) is 7.38. The average Bonchev–Trinajstić information content (AvgIpc) is 2.63. The lowest BCUT2D eigenvalue weighted by Crippen LogP contribution is -2.29. The lowest BCUT2D eigenvalue weighted by molar-refractivity contribution is 0.0698. The first-order chi connectivity index (χ1) is 12.0. The van der Waals surface area contributed by atoms with Crippen LogP contribution in [-0.2, 0) is 0 Å². The molecule has 5 nitrogen and oxygen atoms in total. The Kier molecular flexibility index (Phi) is 5.03. The molecule has 0 unspecified atom stereocenters. The molecule has 130 valence electrons. The fourth-order valence-electron chi connectivity index (χ4n) is 3.07. The lowest BCUT2D eigenvalue weighted by Gasteiger charge is -2.29. The van der Waals surface area contributed by atoms with Crippen molar-refractivity contribution in [2.45, 2.75) is 26.2 Å². The molecule has 3 rings (SSSR count). The van der Waals surface area contributed by atoms with Crippen LogP contribution in [0.15, 0.2) is 42.5 Å².